The molecule has 4 heteroatoms. The van der Waals surface area contributed by atoms with E-state index in [1.807, 2.05) is 6.20 Å². The molecule has 1 N–H and O–H groups in total. The van der Waals surface area contributed by atoms with Crippen LogP contribution in [0.4, 0.5) is 5.69 Å². The van der Waals surface area contributed by atoms with E-state index in [1.165, 1.54) is 37.3 Å². The highest BCUT2D eigenvalue weighted by Gasteiger charge is 2.31. The third kappa shape index (κ3) is 0.860. The molecular weight excluding hydrogens is 174 g/mol. The predicted molar refractivity (Wildman–Crippen MR) is 50.0 cm³/mol. The van der Waals surface area contributed by atoms with E-state index in [-0.39, 0.29) is 12.4 Å². The normalized spacial score (nSPS) is 20.5. The number of piperidine rings is 1. The molecule has 0 unspecified atom stereocenters. The zero-order valence-electron chi connectivity index (χ0n) is 6.79. The van der Waals surface area contributed by atoms with Gasteiger partial charge in [0.25, 0.3) is 0 Å². The molecule has 3 nitrogen and oxygen atoms in total. The van der Waals surface area contributed by atoms with Crippen LogP contribution >= 0.6 is 12.4 Å². The summed E-state index contributed by atoms with van der Waals surface area (Å²) in [5, 5.41) is 7.18. The summed E-state index contributed by atoms with van der Waals surface area (Å²) in [4.78, 5) is 2.43. The molecule has 1 aromatic rings. The van der Waals surface area contributed by atoms with Gasteiger partial charge in [0.05, 0.1) is 17.6 Å². The van der Waals surface area contributed by atoms with Gasteiger partial charge in [-0.15, -0.1) is 12.4 Å². The van der Waals surface area contributed by atoms with Gasteiger partial charge in [-0.05, 0) is 12.8 Å². The summed E-state index contributed by atoms with van der Waals surface area (Å²) in [5.41, 5.74) is 2.73. The molecule has 0 radical (unpaired) electrons. The van der Waals surface area contributed by atoms with Crippen molar-refractivity contribution in [3.63, 3.8) is 0 Å². The van der Waals surface area contributed by atoms with Crippen molar-refractivity contribution in [2.24, 2.45) is 0 Å². The molecule has 3 aliphatic rings. The lowest BCUT2D eigenvalue weighted by molar-refractivity contribution is 0.466. The van der Waals surface area contributed by atoms with Crippen molar-refractivity contribution in [3.05, 3.63) is 11.9 Å². The fourth-order valence-corrected chi connectivity index (χ4v) is 2.25. The fourth-order valence-electron chi connectivity index (χ4n) is 2.25. The number of aromatic nitrogens is 2. The van der Waals surface area contributed by atoms with Gasteiger partial charge in [-0.3, -0.25) is 5.10 Å². The van der Waals surface area contributed by atoms with E-state index in [0.717, 1.165) is 5.92 Å². The van der Waals surface area contributed by atoms with Gasteiger partial charge < -0.3 is 4.90 Å². The molecule has 0 atom stereocenters. The Morgan fingerprint density at radius 1 is 1.42 bits per heavy atom. The highest BCUT2D eigenvalue weighted by molar-refractivity contribution is 5.85. The molecule has 0 amide bonds. The Balaban J connectivity index is 0.000000563. The minimum Gasteiger partial charge on any atom is -0.369 e. The Morgan fingerprint density at radius 3 is 2.83 bits per heavy atom. The Hall–Kier alpha value is -0.700. The van der Waals surface area contributed by atoms with Gasteiger partial charge in [0.1, 0.15) is 0 Å². The molecule has 0 aromatic carbocycles. The average molecular weight is 186 g/mol. The monoisotopic (exact) mass is 185 g/mol. The van der Waals surface area contributed by atoms with Gasteiger partial charge in [0.2, 0.25) is 0 Å². The Labute approximate surface area is 77.6 Å². The number of nitrogens with one attached hydrogen (secondary N) is 1. The molecule has 12 heavy (non-hydrogen) atoms. The topological polar surface area (TPSA) is 31.9 Å². The molecule has 1 fully saturated rings. The highest BCUT2D eigenvalue weighted by atomic mass is 35.5. The van der Waals surface area contributed by atoms with E-state index in [9.17, 15) is 0 Å². The van der Waals surface area contributed by atoms with Crippen LogP contribution in [0.5, 0.6) is 0 Å². The number of fused-ring (bicyclic) bond motifs is 2. The maximum absolute atomic E-state index is 4.08. The zero-order chi connectivity index (χ0) is 7.26. The predicted octanol–water partition coefficient (Wildman–Crippen LogP) is 1.53. The summed E-state index contributed by atoms with van der Waals surface area (Å²) in [6.07, 6.45) is 4.59. The van der Waals surface area contributed by atoms with E-state index >= 15 is 0 Å². The maximum Gasteiger partial charge on any atom is 0.0785 e. The number of halogens is 1. The van der Waals surface area contributed by atoms with Crippen LogP contribution < -0.4 is 4.90 Å². The molecule has 1 aromatic heterocycles. The second-order valence-electron chi connectivity index (χ2n) is 3.43. The molecule has 0 saturated carbocycles. The molecule has 3 aliphatic heterocycles. The van der Waals surface area contributed by atoms with Crippen molar-refractivity contribution in [2.75, 3.05) is 18.0 Å². The zero-order valence-corrected chi connectivity index (χ0v) is 7.60. The molecule has 4 heterocycles. The van der Waals surface area contributed by atoms with E-state index < -0.39 is 0 Å². The SMILES string of the molecule is Cl.c1n[nH]c2c1N1CCC2CC1. The number of H-pyrrole nitrogens is 1. The second kappa shape index (κ2) is 2.66. The smallest absolute Gasteiger partial charge is 0.0785 e. The van der Waals surface area contributed by atoms with E-state index in [0.29, 0.717) is 0 Å². The Bertz CT molecular complexity index is 249. The van der Waals surface area contributed by atoms with Gasteiger partial charge in [0, 0.05) is 19.0 Å². The number of anilines is 1. The first-order valence-electron chi connectivity index (χ1n) is 4.23. The lowest BCUT2D eigenvalue weighted by Crippen LogP contribution is -2.38. The van der Waals surface area contributed by atoms with E-state index in [2.05, 4.69) is 15.1 Å². The van der Waals surface area contributed by atoms with Gasteiger partial charge >= 0.3 is 0 Å². The molecule has 0 spiro atoms. The molecule has 1 saturated heterocycles. The fraction of sp³-hybridized carbons (Fsp3) is 0.625. The lowest BCUT2D eigenvalue weighted by atomic mass is 9.88. The average Bonchev–Trinajstić information content (AvgIpc) is 2.55. The van der Waals surface area contributed by atoms with Crippen LogP contribution in [0.15, 0.2) is 6.20 Å². The van der Waals surface area contributed by atoms with Crippen LogP contribution in [0.25, 0.3) is 0 Å². The number of nitrogens with zero attached hydrogens (tertiary/aromatic N) is 2. The summed E-state index contributed by atoms with van der Waals surface area (Å²) in [5.74, 6) is 0.775. The van der Waals surface area contributed by atoms with Crippen LogP contribution in [-0.4, -0.2) is 23.3 Å². The summed E-state index contributed by atoms with van der Waals surface area (Å²) in [6.45, 7) is 2.47. The standard InChI is InChI=1S/C8H11N3.ClH/c1-3-11-4-2-6(1)8-7(11)5-9-10-8;/h5-6H,1-4H2,(H,9,10);1H. The first kappa shape index (κ1) is 7.92. The molecule has 4 rings (SSSR count). The highest BCUT2D eigenvalue weighted by Crippen LogP contribution is 2.40. The van der Waals surface area contributed by atoms with Gasteiger partial charge in [0.15, 0.2) is 0 Å². The van der Waals surface area contributed by atoms with Crippen molar-refractivity contribution in [2.45, 2.75) is 18.8 Å². The number of aromatic amines is 1. The van der Waals surface area contributed by atoms with Crippen LogP contribution in [0, 0.1) is 0 Å². The molecule has 66 valence electrons. The summed E-state index contributed by atoms with van der Waals surface area (Å²) < 4.78 is 0. The second-order valence-corrected chi connectivity index (χ2v) is 3.43. The van der Waals surface area contributed by atoms with Gasteiger partial charge in [-0.2, -0.15) is 5.10 Å². The van der Waals surface area contributed by atoms with Crippen molar-refractivity contribution >= 4 is 18.1 Å². The summed E-state index contributed by atoms with van der Waals surface area (Å²) in [7, 11) is 0. The number of hydrogen-bond donors (Lipinski definition) is 1. The third-order valence-electron chi connectivity index (χ3n) is 2.89. The first-order valence-corrected chi connectivity index (χ1v) is 4.23. The Morgan fingerprint density at radius 2 is 2.17 bits per heavy atom. The van der Waals surface area contributed by atoms with Crippen LogP contribution in [-0.2, 0) is 0 Å². The summed E-state index contributed by atoms with van der Waals surface area (Å²) >= 11 is 0. The van der Waals surface area contributed by atoms with E-state index in [1.54, 1.807) is 0 Å². The third-order valence-corrected chi connectivity index (χ3v) is 2.89. The van der Waals surface area contributed by atoms with E-state index in [4.69, 9.17) is 0 Å². The summed E-state index contributed by atoms with van der Waals surface area (Å²) in [6, 6.07) is 0. The van der Waals surface area contributed by atoms with Crippen molar-refractivity contribution < 1.29 is 0 Å². The Kier molecular flexibility index (Phi) is 1.76. The quantitative estimate of drug-likeness (QED) is 0.665. The molecule has 0 aliphatic carbocycles. The maximum atomic E-state index is 4.08. The van der Waals surface area contributed by atoms with Crippen molar-refractivity contribution in [3.8, 4) is 0 Å². The lowest BCUT2D eigenvalue weighted by Gasteiger charge is -2.39. The minimum atomic E-state index is 0. The van der Waals surface area contributed by atoms with Crippen molar-refractivity contribution in [1.82, 2.24) is 10.2 Å². The molecule has 2 bridgehead atoms. The van der Waals surface area contributed by atoms with Gasteiger partial charge in [-0.1, -0.05) is 0 Å². The van der Waals surface area contributed by atoms with Crippen LogP contribution in [0.1, 0.15) is 24.5 Å². The van der Waals surface area contributed by atoms with Crippen LogP contribution in [0.3, 0.4) is 0 Å². The molecular formula is C8H12ClN3. The minimum absolute atomic E-state index is 0. The number of hydrogen-bond acceptors (Lipinski definition) is 2. The largest absolute Gasteiger partial charge is 0.369 e. The van der Waals surface area contributed by atoms with Crippen LogP contribution in [0.2, 0.25) is 0 Å². The number of rotatable bonds is 0. The first-order chi connectivity index (χ1) is 5.45. The van der Waals surface area contributed by atoms with Gasteiger partial charge in [-0.25, -0.2) is 0 Å². The van der Waals surface area contributed by atoms with Crippen molar-refractivity contribution in [1.29, 1.82) is 0 Å².